The number of aromatic nitrogens is 4. The van der Waals surface area contributed by atoms with Crippen molar-refractivity contribution in [2.24, 2.45) is 14.1 Å². The minimum atomic E-state index is -0.390. The van der Waals surface area contributed by atoms with E-state index in [1.807, 2.05) is 4.90 Å². The lowest BCUT2D eigenvalue weighted by molar-refractivity contribution is -0.135. The zero-order valence-corrected chi connectivity index (χ0v) is 15.8. The van der Waals surface area contributed by atoms with E-state index < -0.39 is 5.69 Å². The van der Waals surface area contributed by atoms with Gasteiger partial charge in [-0.2, -0.15) is 0 Å². The average molecular weight is 361 g/mol. The normalized spacial score (nSPS) is 17.8. The topological polar surface area (TPSA) is 82.1 Å². The second-order valence-corrected chi connectivity index (χ2v) is 7.06. The summed E-state index contributed by atoms with van der Waals surface area (Å²) in [4.78, 5) is 43.2. The molecule has 0 spiro atoms. The molecule has 1 fully saturated rings. The summed E-state index contributed by atoms with van der Waals surface area (Å²) in [7, 11) is 3.07. The van der Waals surface area contributed by atoms with Crippen LogP contribution >= 0.6 is 0 Å². The van der Waals surface area contributed by atoms with Crippen molar-refractivity contribution in [2.75, 3.05) is 6.54 Å². The van der Waals surface area contributed by atoms with Gasteiger partial charge in [-0.3, -0.25) is 18.7 Å². The summed E-state index contributed by atoms with van der Waals surface area (Å²) >= 11 is 0. The zero-order valence-electron chi connectivity index (χ0n) is 15.8. The Kier molecular flexibility index (Phi) is 5.29. The van der Waals surface area contributed by atoms with Crippen LogP contribution in [0.4, 0.5) is 0 Å². The Bertz CT molecular complexity index is 923. The van der Waals surface area contributed by atoms with Crippen LogP contribution in [0.1, 0.15) is 45.4 Å². The Morgan fingerprint density at radius 2 is 2.00 bits per heavy atom. The number of aryl methyl sites for hydroxylation is 2. The Morgan fingerprint density at radius 1 is 1.23 bits per heavy atom. The van der Waals surface area contributed by atoms with Crippen LogP contribution in [0.15, 0.2) is 15.9 Å². The number of amides is 1. The number of piperidine rings is 1. The molecule has 3 rings (SSSR count). The molecule has 142 valence electrons. The predicted molar refractivity (Wildman–Crippen MR) is 99.1 cm³/mol. The molecule has 1 saturated heterocycles. The minimum Gasteiger partial charge on any atom is -0.340 e. The standard InChI is InChI=1S/C18H27N5O3/c1-4-13-8-5-6-11-23(13)14(24)9-7-10-22-12-19-16-15(22)17(25)21(3)18(26)20(16)2/h12-13H,4-11H2,1-3H3. The first kappa shape index (κ1) is 18.4. The Labute approximate surface area is 152 Å². The van der Waals surface area contributed by atoms with Crippen LogP contribution in [0.5, 0.6) is 0 Å². The van der Waals surface area contributed by atoms with E-state index >= 15 is 0 Å². The molecular weight excluding hydrogens is 334 g/mol. The number of hydrogen-bond donors (Lipinski definition) is 0. The number of carbonyl (C=O) groups is 1. The third-order valence-electron chi connectivity index (χ3n) is 5.43. The van der Waals surface area contributed by atoms with E-state index in [9.17, 15) is 14.4 Å². The molecule has 1 aliphatic heterocycles. The van der Waals surface area contributed by atoms with Crippen molar-refractivity contribution in [3.8, 4) is 0 Å². The number of likely N-dealkylation sites (tertiary alicyclic amines) is 1. The third kappa shape index (κ3) is 3.20. The fourth-order valence-electron chi connectivity index (χ4n) is 3.86. The van der Waals surface area contributed by atoms with Crippen LogP contribution < -0.4 is 11.2 Å². The molecule has 1 amide bonds. The zero-order chi connectivity index (χ0) is 18.8. The first-order valence-corrected chi connectivity index (χ1v) is 9.36. The number of hydrogen-bond acceptors (Lipinski definition) is 4. The summed E-state index contributed by atoms with van der Waals surface area (Å²) in [6, 6.07) is 0.368. The van der Waals surface area contributed by atoms with Crippen LogP contribution in [-0.2, 0) is 25.4 Å². The van der Waals surface area contributed by atoms with Crippen LogP contribution in [0.3, 0.4) is 0 Å². The molecule has 0 saturated carbocycles. The summed E-state index contributed by atoms with van der Waals surface area (Å²) in [5, 5.41) is 0. The molecule has 26 heavy (non-hydrogen) atoms. The highest BCUT2D eigenvalue weighted by Crippen LogP contribution is 2.20. The molecule has 0 bridgehead atoms. The highest BCUT2D eigenvalue weighted by molar-refractivity contribution is 5.76. The molecule has 0 aromatic carbocycles. The summed E-state index contributed by atoms with van der Waals surface area (Å²) in [6.07, 6.45) is 7.06. The number of rotatable bonds is 5. The van der Waals surface area contributed by atoms with E-state index in [1.54, 1.807) is 17.9 Å². The Hall–Kier alpha value is -2.38. The van der Waals surface area contributed by atoms with Crippen molar-refractivity contribution in [3.05, 3.63) is 27.2 Å². The van der Waals surface area contributed by atoms with E-state index in [4.69, 9.17) is 0 Å². The molecule has 2 aromatic rings. The van der Waals surface area contributed by atoms with Gasteiger partial charge in [0.1, 0.15) is 0 Å². The summed E-state index contributed by atoms with van der Waals surface area (Å²) in [5.41, 5.74) is 0.0469. The number of imidazole rings is 1. The highest BCUT2D eigenvalue weighted by atomic mass is 16.2. The van der Waals surface area contributed by atoms with Crippen molar-refractivity contribution in [3.63, 3.8) is 0 Å². The molecule has 8 nitrogen and oxygen atoms in total. The maximum absolute atomic E-state index is 12.6. The molecule has 1 atom stereocenters. The predicted octanol–water partition coefficient (Wildman–Crippen LogP) is 1.01. The van der Waals surface area contributed by atoms with Gasteiger partial charge in [-0.15, -0.1) is 0 Å². The SMILES string of the molecule is CCC1CCCCN1C(=O)CCCn1cnc2c1c(=O)n(C)c(=O)n2C. The summed E-state index contributed by atoms with van der Waals surface area (Å²) in [6.45, 7) is 3.52. The quantitative estimate of drug-likeness (QED) is 0.796. The second kappa shape index (κ2) is 7.47. The summed E-state index contributed by atoms with van der Waals surface area (Å²) < 4.78 is 4.21. The van der Waals surface area contributed by atoms with Gasteiger partial charge in [-0.25, -0.2) is 9.78 Å². The molecular formula is C18H27N5O3. The van der Waals surface area contributed by atoms with E-state index in [0.29, 0.717) is 36.6 Å². The van der Waals surface area contributed by atoms with Gasteiger partial charge in [0.25, 0.3) is 5.56 Å². The Morgan fingerprint density at radius 3 is 2.73 bits per heavy atom. The van der Waals surface area contributed by atoms with Crippen molar-refractivity contribution in [2.45, 2.75) is 58.0 Å². The molecule has 1 unspecified atom stereocenters. The van der Waals surface area contributed by atoms with Crippen molar-refractivity contribution in [1.82, 2.24) is 23.6 Å². The van der Waals surface area contributed by atoms with Gasteiger partial charge in [-0.1, -0.05) is 6.92 Å². The largest absolute Gasteiger partial charge is 0.340 e. The molecule has 8 heteroatoms. The van der Waals surface area contributed by atoms with Crippen LogP contribution in [0.2, 0.25) is 0 Å². The lowest BCUT2D eigenvalue weighted by atomic mass is 9.99. The monoisotopic (exact) mass is 361 g/mol. The molecule has 0 N–H and O–H groups in total. The lowest BCUT2D eigenvalue weighted by Crippen LogP contribution is -2.43. The minimum absolute atomic E-state index is 0.196. The molecule has 2 aromatic heterocycles. The van der Waals surface area contributed by atoms with Crippen molar-refractivity contribution < 1.29 is 4.79 Å². The van der Waals surface area contributed by atoms with Crippen LogP contribution in [0.25, 0.3) is 11.2 Å². The Balaban J connectivity index is 1.72. The number of nitrogens with zero attached hydrogens (tertiary/aromatic N) is 5. The van der Waals surface area contributed by atoms with Gasteiger partial charge >= 0.3 is 5.69 Å². The van der Waals surface area contributed by atoms with Crippen molar-refractivity contribution >= 4 is 17.1 Å². The van der Waals surface area contributed by atoms with Crippen molar-refractivity contribution in [1.29, 1.82) is 0 Å². The highest BCUT2D eigenvalue weighted by Gasteiger charge is 2.24. The third-order valence-corrected chi connectivity index (χ3v) is 5.43. The van der Waals surface area contributed by atoms with Gasteiger partial charge in [0.15, 0.2) is 11.2 Å². The maximum atomic E-state index is 12.6. The molecule has 0 aliphatic carbocycles. The van der Waals surface area contributed by atoms with Gasteiger partial charge < -0.3 is 9.47 Å². The van der Waals surface area contributed by atoms with Gasteiger partial charge in [0.2, 0.25) is 5.91 Å². The van der Waals surface area contributed by atoms with E-state index in [-0.39, 0.29) is 11.5 Å². The lowest BCUT2D eigenvalue weighted by Gasteiger charge is -2.35. The second-order valence-electron chi connectivity index (χ2n) is 7.06. The van der Waals surface area contributed by atoms with Gasteiger partial charge in [-0.05, 0) is 32.1 Å². The molecule has 0 radical (unpaired) electrons. The molecule has 1 aliphatic rings. The van der Waals surface area contributed by atoms with Crippen LogP contribution in [0, 0.1) is 0 Å². The number of carbonyl (C=O) groups excluding carboxylic acids is 1. The fourth-order valence-corrected chi connectivity index (χ4v) is 3.86. The number of fused-ring (bicyclic) bond motifs is 1. The van der Waals surface area contributed by atoms with Gasteiger partial charge in [0, 0.05) is 39.6 Å². The summed E-state index contributed by atoms with van der Waals surface area (Å²) in [5.74, 6) is 0.196. The first-order chi connectivity index (χ1) is 12.5. The maximum Gasteiger partial charge on any atom is 0.332 e. The molecule has 3 heterocycles. The van der Waals surface area contributed by atoms with Gasteiger partial charge in [0.05, 0.1) is 6.33 Å². The van der Waals surface area contributed by atoms with E-state index in [0.717, 1.165) is 30.4 Å². The smallest absolute Gasteiger partial charge is 0.332 e. The fraction of sp³-hybridized carbons (Fsp3) is 0.667. The average Bonchev–Trinajstić information content (AvgIpc) is 3.08. The van der Waals surface area contributed by atoms with E-state index in [2.05, 4.69) is 11.9 Å². The van der Waals surface area contributed by atoms with Crippen LogP contribution in [-0.4, -0.2) is 42.1 Å². The first-order valence-electron chi connectivity index (χ1n) is 9.36. The van der Waals surface area contributed by atoms with E-state index in [1.165, 1.54) is 18.0 Å².